The number of fused-ring (bicyclic) bond motifs is 3. The minimum absolute atomic E-state index is 0.225. The van der Waals surface area contributed by atoms with E-state index in [1.54, 1.807) is 17.4 Å². The third kappa shape index (κ3) is 2.38. The van der Waals surface area contributed by atoms with Crippen molar-refractivity contribution in [2.24, 2.45) is 5.73 Å². The van der Waals surface area contributed by atoms with E-state index in [-0.39, 0.29) is 5.75 Å². The van der Waals surface area contributed by atoms with Gasteiger partial charge in [-0.3, -0.25) is 4.98 Å². The van der Waals surface area contributed by atoms with Gasteiger partial charge in [-0.15, -0.1) is 11.3 Å². The second-order valence-corrected chi connectivity index (χ2v) is 6.74. The zero-order valence-electron chi connectivity index (χ0n) is 13.2. The molecule has 0 saturated heterocycles. The highest BCUT2D eigenvalue weighted by molar-refractivity contribution is 7.17. The number of aromatic hydroxyl groups is 1. The SMILES string of the molecule is Cc1cc(O)c(Nc2ccc(CN)cc2)c2c1ncc1sccc12. The number of rotatable bonds is 3. The van der Waals surface area contributed by atoms with Gasteiger partial charge in [-0.25, -0.2) is 0 Å². The van der Waals surface area contributed by atoms with Gasteiger partial charge in [-0.1, -0.05) is 12.1 Å². The molecule has 0 unspecified atom stereocenters. The van der Waals surface area contributed by atoms with Crippen molar-refractivity contribution in [3.8, 4) is 5.75 Å². The zero-order valence-corrected chi connectivity index (χ0v) is 14.0. The molecule has 0 bridgehead atoms. The van der Waals surface area contributed by atoms with Gasteiger partial charge in [0.1, 0.15) is 5.75 Å². The molecule has 0 aliphatic heterocycles. The Balaban J connectivity index is 1.94. The Kier molecular flexibility index (Phi) is 3.59. The second kappa shape index (κ2) is 5.78. The molecule has 24 heavy (non-hydrogen) atoms. The van der Waals surface area contributed by atoms with Crippen LogP contribution in [-0.2, 0) is 6.54 Å². The van der Waals surface area contributed by atoms with Gasteiger partial charge in [-0.2, -0.15) is 0 Å². The number of thiophene rings is 1. The van der Waals surface area contributed by atoms with E-state index in [0.29, 0.717) is 12.2 Å². The fourth-order valence-electron chi connectivity index (χ4n) is 2.96. The number of anilines is 2. The van der Waals surface area contributed by atoms with Gasteiger partial charge in [0.25, 0.3) is 0 Å². The fraction of sp³-hybridized carbons (Fsp3) is 0.105. The van der Waals surface area contributed by atoms with E-state index in [2.05, 4.69) is 16.4 Å². The maximum Gasteiger partial charge on any atom is 0.140 e. The number of phenols is 1. The average Bonchev–Trinajstić information content (AvgIpc) is 3.07. The van der Waals surface area contributed by atoms with Crippen molar-refractivity contribution in [1.29, 1.82) is 0 Å². The molecule has 4 N–H and O–H groups in total. The summed E-state index contributed by atoms with van der Waals surface area (Å²) in [5.74, 6) is 0.225. The Labute approximate surface area is 143 Å². The number of hydrogen-bond acceptors (Lipinski definition) is 5. The summed E-state index contributed by atoms with van der Waals surface area (Å²) in [6.07, 6.45) is 1.90. The van der Waals surface area contributed by atoms with Crippen LogP contribution >= 0.6 is 11.3 Å². The highest BCUT2D eigenvalue weighted by Crippen LogP contribution is 2.40. The molecule has 0 radical (unpaired) electrons. The lowest BCUT2D eigenvalue weighted by Crippen LogP contribution is -1.98. The second-order valence-electron chi connectivity index (χ2n) is 5.79. The van der Waals surface area contributed by atoms with E-state index in [1.807, 2.05) is 42.8 Å². The van der Waals surface area contributed by atoms with Crippen LogP contribution in [0, 0.1) is 6.92 Å². The number of aryl methyl sites for hydroxylation is 1. The number of aromatic nitrogens is 1. The lowest BCUT2D eigenvalue weighted by atomic mass is 10.0. The van der Waals surface area contributed by atoms with Crippen LogP contribution < -0.4 is 11.1 Å². The minimum Gasteiger partial charge on any atom is -0.506 e. The summed E-state index contributed by atoms with van der Waals surface area (Å²) in [5.41, 5.74) is 10.2. The normalized spacial score (nSPS) is 11.2. The minimum atomic E-state index is 0.225. The first-order valence-electron chi connectivity index (χ1n) is 7.72. The van der Waals surface area contributed by atoms with Gasteiger partial charge in [0.05, 0.1) is 15.9 Å². The molecule has 0 aliphatic carbocycles. The largest absolute Gasteiger partial charge is 0.506 e. The first-order valence-corrected chi connectivity index (χ1v) is 8.60. The molecule has 5 heteroatoms. The van der Waals surface area contributed by atoms with Crippen LogP contribution in [0.3, 0.4) is 0 Å². The number of nitrogens with one attached hydrogen (secondary N) is 1. The summed E-state index contributed by atoms with van der Waals surface area (Å²) >= 11 is 1.65. The molecule has 2 aromatic carbocycles. The standard InChI is InChI=1S/C19H17N3OS/c1-11-8-15(23)19(22-13-4-2-12(9-20)3-5-13)17-14-6-7-24-16(14)10-21-18(11)17/h2-8,10,22-23H,9,20H2,1H3. The van der Waals surface area contributed by atoms with E-state index in [9.17, 15) is 5.11 Å². The number of hydrogen-bond donors (Lipinski definition) is 3. The number of nitrogens with two attached hydrogens (primary N) is 1. The molecule has 4 nitrogen and oxygen atoms in total. The summed E-state index contributed by atoms with van der Waals surface area (Å²) in [6.45, 7) is 2.48. The fourth-order valence-corrected chi connectivity index (χ4v) is 3.72. The predicted molar refractivity (Wildman–Crippen MR) is 101 cm³/mol. The third-order valence-electron chi connectivity index (χ3n) is 4.20. The van der Waals surface area contributed by atoms with Crippen LogP contribution in [0.1, 0.15) is 11.1 Å². The smallest absolute Gasteiger partial charge is 0.140 e. The quantitative estimate of drug-likeness (QED) is 0.476. The van der Waals surface area contributed by atoms with Gasteiger partial charge in [0.15, 0.2) is 0 Å². The molecule has 4 aromatic rings. The summed E-state index contributed by atoms with van der Waals surface area (Å²) in [5, 5.41) is 18.0. The monoisotopic (exact) mass is 335 g/mol. The van der Waals surface area contributed by atoms with Crippen LogP contribution in [-0.4, -0.2) is 10.1 Å². The highest BCUT2D eigenvalue weighted by Gasteiger charge is 2.15. The van der Waals surface area contributed by atoms with E-state index < -0.39 is 0 Å². The van der Waals surface area contributed by atoms with Crippen molar-refractivity contribution < 1.29 is 5.11 Å². The van der Waals surface area contributed by atoms with Gasteiger partial charge in [-0.05, 0) is 47.7 Å². The number of pyridine rings is 1. The van der Waals surface area contributed by atoms with Gasteiger partial charge in [0, 0.05) is 29.2 Å². The van der Waals surface area contributed by atoms with Crippen molar-refractivity contribution in [1.82, 2.24) is 4.98 Å². The maximum atomic E-state index is 10.5. The first kappa shape index (κ1) is 14.9. The molecule has 0 amide bonds. The van der Waals surface area contributed by atoms with Crippen molar-refractivity contribution in [3.63, 3.8) is 0 Å². The Morgan fingerprint density at radius 2 is 2.00 bits per heavy atom. The molecule has 0 spiro atoms. The van der Waals surface area contributed by atoms with Gasteiger partial charge >= 0.3 is 0 Å². The molecule has 0 atom stereocenters. The maximum absolute atomic E-state index is 10.5. The molecule has 2 aromatic heterocycles. The molecule has 0 aliphatic rings. The van der Waals surface area contributed by atoms with Crippen molar-refractivity contribution >= 4 is 43.7 Å². The molecule has 120 valence electrons. The first-order chi connectivity index (χ1) is 11.7. The van der Waals surface area contributed by atoms with Crippen molar-refractivity contribution in [3.05, 3.63) is 59.1 Å². The van der Waals surface area contributed by atoms with Crippen LogP contribution in [0.15, 0.2) is 48.0 Å². The molecule has 0 saturated carbocycles. The Morgan fingerprint density at radius 1 is 1.21 bits per heavy atom. The Bertz CT molecular complexity index is 1040. The molecular weight excluding hydrogens is 318 g/mol. The van der Waals surface area contributed by atoms with E-state index in [1.165, 1.54) is 0 Å². The molecular formula is C19H17N3OS. The number of phenolic OH excluding ortho intramolecular Hbond substituents is 1. The van der Waals surface area contributed by atoms with Crippen LogP contribution in [0.4, 0.5) is 11.4 Å². The third-order valence-corrected chi connectivity index (χ3v) is 5.06. The van der Waals surface area contributed by atoms with Crippen LogP contribution in [0.5, 0.6) is 5.75 Å². The van der Waals surface area contributed by atoms with Crippen molar-refractivity contribution in [2.75, 3.05) is 5.32 Å². The molecule has 4 rings (SSSR count). The molecule has 2 heterocycles. The summed E-state index contributed by atoms with van der Waals surface area (Å²) in [7, 11) is 0. The van der Waals surface area contributed by atoms with Gasteiger partial charge in [0.2, 0.25) is 0 Å². The zero-order chi connectivity index (χ0) is 16.7. The lowest BCUT2D eigenvalue weighted by Gasteiger charge is -2.14. The van der Waals surface area contributed by atoms with Crippen LogP contribution in [0.25, 0.3) is 21.0 Å². The van der Waals surface area contributed by atoms with Crippen LogP contribution in [0.2, 0.25) is 0 Å². The van der Waals surface area contributed by atoms with Gasteiger partial charge < -0.3 is 16.2 Å². The van der Waals surface area contributed by atoms with E-state index >= 15 is 0 Å². The van der Waals surface area contributed by atoms with E-state index in [4.69, 9.17) is 5.73 Å². The lowest BCUT2D eigenvalue weighted by molar-refractivity contribution is 0.478. The summed E-state index contributed by atoms with van der Waals surface area (Å²) < 4.78 is 1.11. The Morgan fingerprint density at radius 3 is 2.75 bits per heavy atom. The number of benzene rings is 2. The molecule has 0 fully saturated rings. The van der Waals surface area contributed by atoms with Crippen molar-refractivity contribution in [2.45, 2.75) is 13.5 Å². The average molecular weight is 335 g/mol. The highest BCUT2D eigenvalue weighted by atomic mass is 32.1. The predicted octanol–water partition coefficient (Wildman–Crippen LogP) is 4.67. The summed E-state index contributed by atoms with van der Waals surface area (Å²) in [6, 6.07) is 11.7. The summed E-state index contributed by atoms with van der Waals surface area (Å²) in [4.78, 5) is 4.59. The van der Waals surface area contributed by atoms with E-state index in [0.717, 1.165) is 37.8 Å². The number of nitrogens with zero attached hydrogens (tertiary/aromatic N) is 1. The topological polar surface area (TPSA) is 71.2 Å². The Hall–Kier alpha value is -2.63.